The zero-order valence-electron chi connectivity index (χ0n) is 14.5. The van der Waals surface area contributed by atoms with Crippen molar-refractivity contribution in [2.75, 3.05) is 6.61 Å². The Labute approximate surface area is 151 Å². The molecule has 3 aromatic rings. The minimum absolute atomic E-state index is 0.126. The van der Waals surface area contributed by atoms with Gasteiger partial charge in [-0.25, -0.2) is 4.98 Å². The van der Waals surface area contributed by atoms with Gasteiger partial charge in [0.1, 0.15) is 16.4 Å². The number of aromatic nitrogens is 2. The number of rotatable bonds is 5. The molecule has 2 heterocycles. The minimum Gasteiger partial charge on any atom is -0.494 e. The maximum atomic E-state index is 13.0. The van der Waals surface area contributed by atoms with Gasteiger partial charge in [-0.2, -0.15) is 0 Å². The van der Waals surface area contributed by atoms with Crippen molar-refractivity contribution < 1.29 is 4.74 Å². The highest BCUT2D eigenvalue weighted by Gasteiger charge is 2.20. The zero-order chi connectivity index (χ0) is 17.2. The van der Waals surface area contributed by atoms with E-state index < -0.39 is 0 Å². The number of fused-ring (bicyclic) bond motifs is 3. The predicted octanol–water partition coefficient (Wildman–Crippen LogP) is 4.11. The van der Waals surface area contributed by atoms with Gasteiger partial charge < -0.3 is 4.74 Å². The number of thiophene rings is 1. The van der Waals surface area contributed by atoms with Crippen LogP contribution in [0.25, 0.3) is 10.2 Å². The first-order valence-electron chi connectivity index (χ1n) is 8.93. The van der Waals surface area contributed by atoms with Gasteiger partial charge in [0.05, 0.1) is 12.0 Å². The van der Waals surface area contributed by atoms with Crippen LogP contribution in [0.3, 0.4) is 0 Å². The summed E-state index contributed by atoms with van der Waals surface area (Å²) in [4.78, 5) is 20.0. The van der Waals surface area contributed by atoms with Crippen LogP contribution in [0, 0.1) is 6.92 Å². The Morgan fingerprint density at radius 3 is 2.84 bits per heavy atom. The summed E-state index contributed by atoms with van der Waals surface area (Å²) in [6.45, 7) is 3.17. The maximum Gasteiger partial charge on any atom is 0.262 e. The average molecular weight is 354 g/mol. The number of aryl methyl sites for hydroxylation is 3. The molecule has 1 aliphatic carbocycles. The lowest BCUT2D eigenvalue weighted by molar-refractivity contribution is 0.300. The molecular weight excluding hydrogens is 332 g/mol. The molecule has 0 atom stereocenters. The van der Waals surface area contributed by atoms with Crippen LogP contribution >= 0.6 is 11.3 Å². The molecule has 0 bridgehead atoms. The summed E-state index contributed by atoms with van der Waals surface area (Å²) in [5.74, 6) is 1.67. The Bertz CT molecular complexity index is 944. The molecule has 0 radical (unpaired) electrons. The van der Waals surface area contributed by atoms with Crippen LogP contribution in [0.5, 0.6) is 5.75 Å². The summed E-state index contributed by atoms with van der Waals surface area (Å²) in [5.41, 5.74) is 1.39. The second kappa shape index (κ2) is 7.00. The van der Waals surface area contributed by atoms with Crippen molar-refractivity contribution in [3.8, 4) is 5.75 Å². The van der Waals surface area contributed by atoms with E-state index in [-0.39, 0.29) is 5.56 Å². The Morgan fingerprint density at radius 2 is 2.00 bits per heavy atom. The molecule has 2 aromatic heterocycles. The molecular formula is C20H22N2O2S. The molecule has 0 spiro atoms. The molecule has 0 saturated carbocycles. The molecule has 25 heavy (non-hydrogen) atoms. The van der Waals surface area contributed by atoms with E-state index in [4.69, 9.17) is 9.72 Å². The van der Waals surface area contributed by atoms with Crippen molar-refractivity contribution in [3.63, 3.8) is 0 Å². The number of ether oxygens (including phenoxy) is 1. The third-order valence-electron chi connectivity index (χ3n) is 4.80. The summed E-state index contributed by atoms with van der Waals surface area (Å²) in [6, 6.07) is 9.78. The summed E-state index contributed by atoms with van der Waals surface area (Å²) in [5, 5.41) is 0.870. The smallest absolute Gasteiger partial charge is 0.262 e. The van der Waals surface area contributed by atoms with Crippen LogP contribution in [0.4, 0.5) is 0 Å². The molecule has 0 N–H and O–H groups in total. The second-order valence-corrected chi connectivity index (χ2v) is 7.61. The standard InChI is InChI=1S/C20H22N2O2S/c1-14-21-19-18(16-10-5-6-11-17(16)25-19)20(23)22(14)12-7-13-24-15-8-3-2-4-9-15/h2-4,8-9H,5-7,10-13H2,1H3. The minimum atomic E-state index is 0.126. The molecule has 4 nitrogen and oxygen atoms in total. The van der Waals surface area contributed by atoms with E-state index in [9.17, 15) is 4.79 Å². The largest absolute Gasteiger partial charge is 0.494 e. The van der Waals surface area contributed by atoms with E-state index in [0.29, 0.717) is 13.2 Å². The van der Waals surface area contributed by atoms with Gasteiger partial charge >= 0.3 is 0 Å². The first kappa shape index (κ1) is 16.3. The van der Waals surface area contributed by atoms with Gasteiger partial charge in [0.2, 0.25) is 0 Å². The normalized spacial score (nSPS) is 13.8. The van der Waals surface area contributed by atoms with Gasteiger partial charge in [-0.3, -0.25) is 9.36 Å². The highest BCUT2D eigenvalue weighted by molar-refractivity contribution is 7.18. The zero-order valence-corrected chi connectivity index (χ0v) is 15.3. The topological polar surface area (TPSA) is 44.1 Å². The van der Waals surface area contributed by atoms with E-state index in [1.54, 1.807) is 11.3 Å². The van der Waals surface area contributed by atoms with Crippen LogP contribution in [-0.4, -0.2) is 16.2 Å². The van der Waals surface area contributed by atoms with E-state index in [2.05, 4.69) is 0 Å². The molecule has 0 aliphatic heterocycles. The van der Waals surface area contributed by atoms with Gasteiger partial charge in [0.15, 0.2) is 0 Å². The van der Waals surface area contributed by atoms with Crippen LogP contribution in [0.2, 0.25) is 0 Å². The maximum absolute atomic E-state index is 13.0. The first-order valence-corrected chi connectivity index (χ1v) is 9.75. The van der Waals surface area contributed by atoms with Crippen LogP contribution < -0.4 is 10.3 Å². The van der Waals surface area contributed by atoms with Crippen molar-refractivity contribution in [2.24, 2.45) is 0 Å². The molecule has 5 heteroatoms. The summed E-state index contributed by atoms with van der Waals surface area (Å²) in [6.07, 6.45) is 5.31. The van der Waals surface area contributed by atoms with Crippen LogP contribution in [-0.2, 0) is 19.4 Å². The lowest BCUT2D eigenvalue weighted by Gasteiger charge is -2.12. The van der Waals surface area contributed by atoms with Gasteiger partial charge in [-0.15, -0.1) is 11.3 Å². The Kier molecular flexibility index (Phi) is 4.57. The van der Waals surface area contributed by atoms with Gasteiger partial charge in [-0.1, -0.05) is 18.2 Å². The molecule has 4 rings (SSSR count). The quantitative estimate of drug-likeness (QED) is 0.648. The fourth-order valence-corrected chi connectivity index (χ4v) is 4.83. The van der Waals surface area contributed by atoms with E-state index >= 15 is 0 Å². The number of para-hydroxylation sites is 1. The molecule has 0 amide bonds. The number of benzene rings is 1. The second-order valence-electron chi connectivity index (χ2n) is 6.52. The lowest BCUT2D eigenvalue weighted by atomic mass is 9.97. The number of nitrogens with zero attached hydrogens (tertiary/aromatic N) is 2. The fraction of sp³-hybridized carbons (Fsp3) is 0.400. The van der Waals surface area contributed by atoms with Crippen molar-refractivity contribution in [2.45, 2.75) is 45.6 Å². The van der Waals surface area contributed by atoms with Crippen molar-refractivity contribution in [1.82, 2.24) is 9.55 Å². The highest BCUT2D eigenvalue weighted by atomic mass is 32.1. The Morgan fingerprint density at radius 1 is 1.20 bits per heavy atom. The molecule has 0 unspecified atom stereocenters. The first-order chi connectivity index (χ1) is 12.2. The molecule has 1 aliphatic rings. The monoisotopic (exact) mass is 354 g/mol. The third-order valence-corrected chi connectivity index (χ3v) is 5.99. The Balaban J connectivity index is 1.54. The number of hydrogen-bond donors (Lipinski definition) is 0. The molecule has 130 valence electrons. The summed E-state index contributed by atoms with van der Waals surface area (Å²) in [7, 11) is 0. The van der Waals surface area contributed by atoms with Crippen molar-refractivity contribution >= 4 is 21.6 Å². The molecule has 0 saturated heterocycles. The van der Waals surface area contributed by atoms with E-state index in [1.165, 1.54) is 23.3 Å². The molecule has 1 aromatic carbocycles. The number of hydrogen-bond acceptors (Lipinski definition) is 4. The predicted molar refractivity (Wildman–Crippen MR) is 102 cm³/mol. The van der Waals surface area contributed by atoms with Gasteiger partial charge in [0, 0.05) is 11.4 Å². The van der Waals surface area contributed by atoms with Crippen molar-refractivity contribution in [3.05, 3.63) is 57.0 Å². The van der Waals surface area contributed by atoms with Crippen LogP contribution in [0.1, 0.15) is 35.5 Å². The highest BCUT2D eigenvalue weighted by Crippen LogP contribution is 2.33. The lowest BCUT2D eigenvalue weighted by Crippen LogP contribution is -2.25. The van der Waals surface area contributed by atoms with Gasteiger partial charge in [-0.05, 0) is 56.7 Å². The SMILES string of the molecule is Cc1nc2sc3c(c2c(=O)n1CCCOc1ccccc1)CCCC3. The fourth-order valence-electron chi connectivity index (χ4n) is 3.53. The molecule has 0 fully saturated rings. The van der Waals surface area contributed by atoms with E-state index in [1.807, 2.05) is 41.8 Å². The van der Waals surface area contributed by atoms with Crippen LogP contribution in [0.15, 0.2) is 35.1 Å². The Hall–Kier alpha value is -2.14. The summed E-state index contributed by atoms with van der Waals surface area (Å²) >= 11 is 1.71. The van der Waals surface area contributed by atoms with Gasteiger partial charge in [0.25, 0.3) is 5.56 Å². The third kappa shape index (κ3) is 3.21. The summed E-state index contributed by atoms with van der Waals surface area (Å²) < 4.78 is 7.55. The van der Waals surface area contributed by atoms with E-state index in [0.717, 1.165) is 41.1 Å². The average Bonchev–Trinajstić information content (AvgIpc) is 3.00. The van der Waals surface area contributed by atoms with Crippen molar-refractivity contribution in [1.29, 1.82) is 0 Å².